The van der Waals surface area contributed by atoms with E-state index < -0.39 is 0 Å². The van der Waals surface area contributed by atoms with E-state index in [0.29, 0.717) is 17.4 Å². The standard InChI is InChI=1S/C14H21N3/c1-9-5-10(2)7-11(6-9)16-13(15)17-12-8-14(12,3)4/h5-7,12H,8H2,1-4H3,(H3,15,16,17). The van der Waals surface area contributed by atoms with Gasteiger partial charge in [0, 0.05) is 5.69 Å². The van der Waals surface area contributed by atoms with Gasteiger partial charge in [0.15, 0.2) is 5.96 Å². The highest BCUT2D eigenvalue weighted by Crippen LogP contribution is 2.47. The van der Waals surface area contributed by atoms with Crippen LogP contribution in [0.5, 0.6) is 0 Å². The molecule has 3 heteroatoms. The summed E-state index contributed by atoms with van der Waals surface area (Å²) in [6.45, 7) is 8.58. The molecule has 1 saturated carbocycles. The van der Waals surface area contributed by atoms with Gasteiger partial charge in [-0.1, -0.05) is 19.9 Å². The fourth-order valence-electron chi connectivity index (χ4n) is 2.05. The summed E-state index contributed by atoms with van der Waals surface area (Å²) in [5.41, 5.74) is 9.71. The van der Waals surface area contributed by atoms with Gasteiger partial charge in [0.1, 0.15) is 0 Å². The smallest absolute Gasteiger partial charge is 0.193 e. The van der Waals surface area contributed by atoms with Crippen LogP contribution in [0.3, 0.4) is 0 Å². The zero-order valence-corrected chi connectivity index (χ0v) is 11.0. The molecular weight excluding hydrogens is 210 g/mol. The highest BCUT2D eigenvalue weighted by atomic mass is 15.1. The van der Waals surface area contributed by atoms with E-state index in [4.69, 9.17) is 5.73 Å². The molecule has 2 rings (SSSR count). The zero-order valence-electron chi connectivity index (χ0n) is 11.0. The Kier molecular flexibility index (Phi) is 2.86. The second-order valence-electron chi connectivity index (χ2n) is 5.72. The lowest BCUT2D eigenvalue weighted by Gasteiger charge is -2.08. The summed E-state index contributed by atoms with van der Waals surface area (Å²) in [7, 11) is 0. The topological polar surface area (TPSA) is 50.4 Å². The third-order valence-corrected chi connectivity index (χ3v) is 3.25. The largest absolute Gasteiger partial charge is 0.370 e. The molecule has 3 N–H and O–H groups in total. The number of aryl methyl sites for hydroxylation is 2. The average Bonchev–Trinajstić information content (AvgIpc) is 2.70. The minimum absolute atomic E-state index is 0.328. The molecular formula is C14H21N3. The maximum absolute atomic E-state index is 5.91. The monoisotopic (exact) mass is 231 g/mol. The van der Waals surface area contributed by atoms with Crippen molar-refractivity contribution in [2.45, 2.75) is 40.2 Å². The van der Waals surface area contributed by atoms with E-state index in [9.17, 15) is 0 Å². The number of hydrogen-bond acceptors (Lipinski definition) is 1. The van der Waals surface area contributed by atoms with E-state index in [2.05, 4.69) is 56.2 Å². The van der Waals surface area contributed by atoms with E-state index in [1.54, 1.807) is 0 Å². The van der Waals surface area contributed by atoms with E-state index in [1.807, 2.05) is 0 Å². The molecule has 0 spiro atoms. The Morgan fingerprint density at radius 1 is 1.29 bits per heavy atom. The first-order valence-electron chi connectivity index (χ1n) is 6.05. The maximum atomic E-state index is 5.91. The summed E-state index contributed by atoms with van der Waals surface area (Å²) in [4.78, 5) is 4.48. The van der Waals surface area contributed by atoms with Gasteiger partial charge in [-0.15, -0.1) is 0 Å². The number of guanidine groups is 1. The van der Waals surface area contributed by atoms with Crippen LogP contribution < -0.4 is 11.1 Å². The molecule has 1 aliphatic rings. The molecule has 1 atom stereocenters. The number of nitrogens with one attached hydrogen (secondary N) is 1. The highest BCUT2D eigenvalue weighted by molar-refractivity contribution is 5.92. The van der Waals surface area contributed by atoms with Crippen LogP contribution >= 0.6 is 0 Å². The Labute approximate surface area is 103 Å². The Morgan fingerprint density at radius 2 is 1.82 bits per heavy atom. The molecule has 0 amide bonds. The average molecular weight is 231 g/mol. The number of hydrogen-bond donors (Lipinski definition) is 2. The van der Waals surface area contributed by atoms with Crippen LogP contribution in [-0.2, 0) is 0 Å². The van der Waals surface area contributed by atoms with E-state index >= 15 is 0 Å². The lowest BCUT2D eigenvalue weighted by Crippen LogP contribution is -2.23. The lowest BCUT2D eigenvalue weighted by atomic mass is 10.1. The molecule has 0 bridgehead atoms. The maximum Gasteiger partial charge on any atom is 0.193 e. The summed E-state index contributed by atoms with van der Waals surface area (Å²) in [5, 5.41) is 3.16. The van der Waals surface area contributed by atoms with Gasteiger partial charge < -0.3 is 11.1 Å². The van der Waals surface area contributed by atoms with Crippen molar-refractivity contribution in [1.29, 1.82) is 0 Å². The minimum atomic E-state index is 0.328. The Morgan fingerprint density at radius 3 is 2.29 bits per heavy atom. The number of nitrogens with two attached hydrogens (primary N) is 1. The normalized spacial score (nSPS) is 22.4. The first kappa shape index (κ1) is 12.0. The molecule has 1 aromatic rings. The number of anilines is 1. The molecule has 0 heterocycles. The fourth-order valence-corrected chi connectivity index (χ4v) is 2.05. The van der Waals surface area contributed by atoms with Crippen LogP contribution in [0.1, 0.15) is 31.4 Å². The predicted molar refractivity (Wildman–Crippen MR) is 73.3 cm³/mol. The van der Waals surface area contributed by atoms with E-state index in [0.717, 1.165) is 12.1 Å². The van der Waals surface area contributed by atoms with E-state index in [1.165, 1.54) is 11.1 Å². The number of aliphatic imine (C=N–C) groups is 1. The number of rotatable bonds is 2. The molecule has 1 unspecified atom stereocenters. The van der Waals surface area contributed by atoms with Crippen LogP contribution in [0.4, 0.5) is 5.69 Å². The first-order valence-corrected chi connectivity index (χ1v) is 6.05. The Hall–Kier alpha value is -1.51. The van der Waals surface area contributed by atoms with Gasteiger partial charge in [-0.05, 0) is 48.9 Å². The Balaban J connectivity index is 2.05. The first-order chi connectivity index (χ1) is 7.87. The summed E-state index contributed by atoms with van der Waals surface area (Å²) in [6.07, 6.45) is 1.13. The van der Waals surface area contributed by atoms with Crippen molar-refractivity contribution >= 4 is 11.6 Å². The predicted octanol–water partition coefficient (Wildman–Crippen LogP) is 2.83. The molecule has 3 nitrogen and oxygen atoms in total. The quantitative estimate of drug-likeness (QED) is 0.607. The van der Waals surface area contributed by atoms with Crippen LogP contribution in [0.25, 0.3) is 0 Å². The van der Waals surface area contributed by atoms with Gasteiger partial charge in [-0.25, -0.2) is 4.99 Å². The van der Waals surface area contributed by atoms with Gasteiger partial charge >= 0.3 is 0 Å². The van der Waals surface area contributed by atoms with Crippen LogP contribution in [-0.4, -0.2) is 12.0 Å². The van der Waals surface area contributed by atoms with Gasteiger partial charge in [-0.2, -0.15) is 0 Å². The number of nitrogens with zero attached hydrogens (tertiary/aromatic N) is 1. The van der Waals surface area contributed by atoms with Crippen molar-refractivity contribution in [2.75, 3.05) is 5.32 Å². The summed E-state index contributed by atoms with van der Waals surface area (Å²) in [6, 6.07) is 6.67. The van der Waals surface area contributed by atoms with Gasteiger partial charge in [0.2, 0.25) is 0 Å². The van der Waals surface area contributed by atoms with Crippen molar-refractivity contribution in [3.8, 4) is 0 Å². The fraction of sp³-hybridized carbons (Fsp3) is 0.500. The van der Waals surface area contributed by atoms with Crippen molar-refractivity contribution in [1.82, 2.24) is 0 Å². The third kappa shape index (κ3) is 2.99. The van der Waals surface area contributed by atoms with E-state index in [-0.39, 0.29) is 0 Å². The number of benzene rings is 1. The highest BCUT2D eigenvalue weighted by Gasteiger charge is 2.45. The molecule has 17 heavy (non-hydrogen) atoms. The zero-order chi connectivity index (χ0) is 12.6. The summed E-state index contributed by atoms with van der Waals surface area (Å²) in [5.74, 6) is 0.519. The van der Waals surface area contributed by atoms with Gasteiger partial charge in [-0.3, -0.25) is 0 Å². The second kappa shape index (κ2) is 4.06. The van der Waals surface area contributed by atoms with Gasteiger partial charge in [0.05, 0.1) is 6.04 Å². The van der Waals surface area contributed by atoms with Crippen LogP contribution in [0, 0.1) is 19.3 Å². The van der Waals surface area contributed by atoms with Crippen molar-refractivity contribution < 1.29 is 0 Å². The molecule has 0 aromatic heterocycles. The molecule has 92 valence electrons. The summed E-state index contributed by atoms with van der Waals surface area (Å²) < 4.78 is 0. The molecule has 1 aromatic carbocycles. The van der Waals surface area contributed by atoms with Crippen molar-refractivity contribution in [3.05, 3.63) is 29.3 Å². The summed E-state index contributed by atoms with van der Waals surface area (Å²) >= 11 is 0. The molecule has 0 radical (unpaired) electrons. The second-order valence-corrected chi connectivity index (χ2v) is 5.72. The van der Waals surface area contributed by atoms with Crippen molar-refractivity contribution in [3.63, 3.8) is 0 Å². The molecule has 1 aliphatic carbocycles. The van der Waals surface area contributed by atoms with Crippen LogP contribution in [0.2, 0.25) is 0 Å². The molecule has 0 saturated heterocycles. The minimum Gasteiger partial charge on any atom is -0.370 e. The SMILES string of the molecule is Cc1cc(C)cc(NC(N)=NC2CC2(C)C)c1. The Bertz CT molecular complexity index is 440. The third-order valence-electron chi connectivity index (χ3n) is 3.25. The van der Waals surface area contributed by atoms with Crippen molar-refractivity contribution in [2.24, 2.45) is 16.1 Å². The molecule has 1 fully saturated rings. The van der Waals surface area contributed by atoms with Gasteiger partial charge in [0.25, 0.3) is 0 Å². The molecule has 0 aliphatic heterocycles. The lowest BCUT2D eigenvalue weighted by molar-refractivity contribution is 0.618. The van der Waals surface area contributed by atoms with Crippen LogP contribution in [0.15, 0.2) is 23.2 Å².